The molecule has 1 atom stereocenters. The number of likely N-dealkylation sites (tertiary alicyclic amines) is 1. The molecule has 2 aromatic rings. The van der Waals surface area contributed by atoms with Crippen LogP contribution in [0.4, 0.5) is 8.78 Å². The number of aryl methyl sites for hydroxylation is 1. The summed E-state index contributed by atoms with van der Waals surface area (Å²) < 4.78 is 34.1. The van der Waals surface area contributed by atoms with Crippen molar-refractivity contribution in [1.82, 2.24) is 15.4 Å². The van der Waals surface area contributed by atoms with Crippen LogP contribution in [0.25, 0.3) is 0 Å². The number of aromatic nitrogens is 1. The van der Waals surface area contributed by atoms with E-state index < -0.39 is 11.7 Å². The number of nitrogens with zero attached hydrogens (tertiary/aromatic N) is 2. The highest BCUT2D eigenvalue weighted by Gasteiger charge is 2.18. The van der Waals surface area contributed by atoms with Crippen molar-refractivity contribution in [2.75, 3.05) is 26.2 Å². The third-order valence-electron chi connectivity index (χ3n) is 6.13. The standard InChI is InChI=1S/C24H31F2N3O3/c1-17-18(5-4-6-21(17)25)7-8-19(9-10-23(30)28-31)20-15-22(26)24(27-16-20)32-14-13-29-11-2-3-12-29/h4-6,15-16,19,31H,2-3,7-14H2,1H3,(H,28,30)/t19-/m0/s1. The average molecular weight is 448 g/mol. The number of halogens is 2. The number of hydrogen-bond donors (Lipinski definition) is 2. The molecule has 32 heavy (non-hydrogen) atoms. The molecule has 1 saturated heterocycles. The van der Waals surface area contributed by atoms with E-state index in [0.29, 0.717) is 37.0 Å². The van der Waals surface area contributed by atoms with E-state index >= 15 is 0 Å². The first-order valence-corrected chi connectivity index (χ1v) is 11.2. The Bertz CT molecular complexity index is 904. The van der Waals surface area contributed by atoms with Crippen molar-refractivity contribution in [3.63, 3.8) is 0 Å². The van der Waals surface area contributed by atoms with Crippen LogP contribution < -0.4 is 10.2 Å². The first kappa shape index (κ1) is 24.1. The topological polar surface area (TPSA) is 74.7 Å². The Kier molecular flexibility index (Phi) is 8.93. The second kappa shape index (κ2) is 11.9. The molecular weight excluding hydrogens is 416 g/mol. The van der Waals surface area contributed by atoms with Gasteiger partial charge in [-0.15, -0.1) is 0 Å². The van der Waals surface area contributed by atoms with Crippen LogP contribution in [0, 0.1) is 18.6 Å². The molecule has 2 N–H and O–H groups in total. The van der Waals surface area contributed by atoms with Crippen molar-refractivity contribution in [1.29, 1.82) is 0 Å². The smallest absolute Gasteiger partial charge is 0.250 e. The van der Waals surface area contributed by atoms with Gasteiger partial charge in [0.25, 0.3) is 0 Å². The minimum Gasteiger partial charge on any atom is -0.474 e. The van der Waals surface area contributed by atoms with Crippen LogP contribution in [0.15, 0.2) is 30.5 Å². The van der Waals surface area contributed by atoms with E-state index in [1.165, 1.54) is 25.0 Å². The fourth-order valence-corrected chi connectivity index (χ4v) is 4.14. The summed E-state index contributed by atoms with van der Waals surface area (Å²) in [6, 6.07) is 6.36. The molecule has 0 aliphatic carbocycles. The molecular formula is C24H31F2N3O3. The number of carbonyl (C=O) groups excluding carboxylic acids is 1. The SMILES string of the molecule is Cc1c(F)cccc1CC[C@@H](CCC(=O)NO)c1cnc(OCCN2CCCC2)c(F)c1. The van der Waals surface area contributed by atoms with Gasteiger partial charge in [-0.2, -0.15) is 0 Å². The first-order chi connectivity index (χ1) is 15.5. The molecule has 0 spiro atoms. The Hall–Kier alpha value is -2.58. The molecule has 174 valence electrons. The van der Waals surface area contributed by atoms with Crippen molar-refractivity contribution in [3.8, 4) is 5.88 Å². The minimum absolute atomic E-state index is 0.0271. The molecule has 1 aromatic heterocycles. The summed E-state index contributed by atoms with van der Waals surface area (Å²) in [5.74, 6) is -1.52. The third kappa shape index (κ3) is 6.71. The van der Waals surface area contributed by atoms with Gasteiger partial charge in [-0.3, -0.25) is 14.9 Å². The number of rotatable bonds is 11. The number of carbonyl (C=O) groups is 1. The number of nitrogens with one attached hydrogen (secondary N) is 1. The normalized spacial score (nSPS) is 15.0. The predicted octanol–water partition coefficient (Wildman–Crippen LogP) is 4.14. The van der Waals surface area contributed by atoms with Gasteiger partial charge >= 0.3 is 0 Å². The molecule has 8 heteroatoms. The fourth-order valence-electron chi connectivity index (χ4n) is 4.14. The zero-order valence-electron chi connectivity index (χ0n) is 18.4. The Morgan fingerprint density at radius 2 is 2.03 bits per heavy atom. The van der Waals surface area contributed by atoms with Gasteiger partial charge in [0.05, 0.1) is 0 Å². The average Bonchev–Trinajstić information content (AvgIpc) is 3.31. The van der Waals surface area contributed by atoms with Crippen molar-refractivity contribution >= 4 is 5.91 Å². The van der Waals surface area contributed by atoms with E-state index in [0.717, 1.165) is 25.2 Å². The zero-order chi connectivity index (χ0) is 22.9. The molecule has 0 saturated carbocycles. The van der Waals surface area contributed by atoms with E-state index in [4.69, 9.17) is 9.94 Å². The Balaban J connectivity index is 1.66. The second-order valence-corrected chi connectivity index (χ2v) is 8.29. The lowest BCUT2D eigenvalue weighted by atomic mass is 9.88. The van der Waals surface area contributed by atoms with Gasteiger partial charge in [0, 0.05) is 19.2 Å². The maximum Gasteiger partial charge on any atom is 0.250 e. The number of hydrogen-bond acceptors (Lipinski definition) is 5. The van der Waals surface area contributed by atoms with E-state index in [1.807, 2.05) is 6.07 Å². The molecule has 1 fully saturated rings. The van der Waals surface area contributed by atoms with E-state index in [-0.39, 0.29) is 24.0 Å². The Morgan fingerprint density at radius 3 is 2.75 bits per heavy atom. The molecule has 1 aliphatic rings. The third-order valence-corrected chi connectivity index (χ3v) is 6.13. The molecule has 0 bridgehead atoms. The lowest BCUT2D eigenvalue weighted by molar-refractivity contribution is -0.129. The molecule has 2 heterocycles. The second-order valence-electron chi connectivity index (χ2n) is 8.29. The van der Waals surface area contributed by atoms with Gasteiger partial charge in [-0.25, -0.2) is 19.2 Å². The van der Waals surface area contributed by atoms with Crippen molar-refractivity contribution in [2.45, 2.75) is 51.4 Å². The lowest BCUT2D eigenvalue weighted by Crippen LogP contribution is -2.25. The highest BCUT2D eigenvalue weighted by atomic mass is 19.1. The summed E-state index contributed by atoms with van der Waals surface area (Å²) in [6.45, 7) is 4.95. The maximum absolute atomic E-state index is 14.7. The van der Waals surface area contributed by atoms with E-state index in [2.05, 4.69) is 9.88 Å². The monoisotopic (exact) mass is 447 g/mol. The quantitative estimate of drug-likeness (QED) is 0.400. The van der Waals surface area contributed by atoms with E-state index in [1.54, 1.807) is 24.7 Å². The fraction of sp³-hybridized carbons (Fsp3) is 0.500. The summed E-state index contributed by atoms with van der Waals surface area (Å²) in [5.41, 5.74) is 3.73. The van der Waals surface area contributed by atoms with E-state index in [9.17, 15) is 13.6 Å². The van der Waals surface area contributed by atoms with Gasteiger partial charge in [0.1, 0.15) is 12.4 Å². The summed E-state index contributed by atoms with van der Waals surface area (Å²) in [6.07, 6.45) is 5.59. The van der Waals surface area contributed by atoms with Crippen LogP contribution >= 0.6 is 0 Å². The summed E-state index contributed by atoms with van der Waals surface area (Å²) in [5, 5.41) is 8.80. The molecule has 1 amide bonds. The number of ether oxygens (including phenoxy) is 1. The number of pyridine rings is 1. The van der Waals surface area contributed by atoms with Crippen LogP contribution in [0.3, 0.4) is 0 Å². The number of amides is 1. The highest BCUT2D eigenvalue weighted by molar-refractivity contribution is 5.74. The van der Waals surface area contributed by atoms with Crippen molar-refractivity contribution in [3.05, 3.63) is 58.8 Å². The molecule has 1 aromatic carbocycles. The van der Waals surface area contributed by atoms with Gasteiger partial charge in [0.2, 0.25) is 11.8 Å². The van der Waals surface area contributed by atoms with Crippen molar-refractivity contribution in [2.24, 2.45) is 0 Å². The lowest BCUT2D eigenvalue weighted by Gasteiger charge is -2.19. The molecule has 6 nitrogen and oxygen atoms in total. The summed E-state index contributed by atoms with van der Waals surface area (Å²) in [7, 11) is 0. The van der Waals surface area contributed by atoms with Gasteiger partial charge in [-0.1, -0.05) is 12.1 Å². The molecule has 1 aliphatic heterocycles. The van der Waals surface area contributed by atoms with Crippen LogP contribution in [0.5, 0.6) is 5.88 Å². The zero-order valence-corrected chi connectivity index (χ0v) is 18.4. The summed E-state index contributed by atoms with van der Waals surface area (Å²) >= 11 is 0. The first-order valence-electron chi connectivity index (χ1n) is 11.2. The summed E-state index contributed by atoms with van der Waals surface area (Å²) in [4.78, 5) is 18.0. The van der Waals surface area contributed by atoms with Crippen LogP contribution in [-0.2, 0) is 11.2 Å². The molecule has 0 unspecified atom stereocenters. The Morgan fingerprint density at radius 1 is 1.25 bits per heavy atom. The largest absolute Gasteiger partial charge is 0.474 e. The van der Waals surface area contributed by atoms with Gasteiger partial charge in [-0.05, 0) is 86.9 Å². The number of hydroxylamine groups is 1. The predicted molar refractivity (Wildman–Crippen MR) is 117 cm³/mol. The number of benzene rings is 1. The maximum atomic E-state index is 14.7. The van der Waals surface area contributed by atoms with Gasteiger partial charge in [0.15, 0.2) is 5.82 Å². The van der Waals surface area contributed by atoms with Gasteiger partial charge < -0.3 is 4.74 Å². The van der Waals surface area contributed by atoms with Crippen LogP contribution in [0.1, 0.15) is 54.7 Å². The van der Waals surface area contributed by atoms with Crippen LogP contribution in [-0.4, -0.2) is 47.2 Å². The highest BCUT2D eigenvalue weighted by Crippen LogP contribution is 2.29. The van der Waals surface area contributed by atoms with Crippen molar-refractivity contribution < 1.29 is 23.5 Å². The minimum atomic E-state index is -0.539. The molecule has 3 rings (SSSR count). The molecule has 0 radical (unpaired) electrons. The Labute approximate surface area is 187 Å². The van der Waals surface area contributed by atoms with Crippen LogP contribution in [0.2, 0.25) is 0 Å².